The van der Waals surface area contributed by atoms with Crippen molar-refractivity contribution in [1.29, 1.82) is 0 Å². The fourth-order valence-corrected chi connectivity index (χ4v) is 3.86. The Kier molecular flexibility index (Phi) is 5.76. The molecule has 0 radical (unpaired) electrons. The van der Waals surface area contributed by atoms with Crippen molar-refractivity contribution < 1.29 is 9.47 Å². The lowest BCUT2D eigenvalue weighted by Crippen LogP contribution is -2.34. The second kappa shape index (κ2) is 8.61. The van der Waals surface area contributed by atoms with Gasteiger partial charge in [-0.1, -0.05) is 12.1 Å². The quantitative estimate of drug-likeness (QED) is 0.636. The van der Waals surface area contributed by atoms with Gasteiger partial charge in [-0.3, -0.25) is 14.6 Å². The number of piperidine rings is 1. The number of aromatic nitrogens is 4. The number of methoxy groups -OCH3 is 1. The zero-order valence-corrected chi connectivity index (χ0v) is 17.2. The molecular weight excluding hydrogens is 366 g/mol. The molecule has 1 fully saturated rings. The molecule has 29 heavy (non-hydrogen) atoms. The van der Waals surface area contributed by atoms with Crippen molar-refractivity contribution in [1.82, 2.24) is 24.6 Å². The van der Waals surface area contributed by atoms with Crippen molar-refractivity contribution in [3.63, 3.8) is 0 Å². The lowest BCUT2D eigenvalue weighted by molar-refractivity contribution is 0.196. The van der Waals surface area contributed by atoms with Crippen LogP contribution in [0, 0.1) is 6.92 Å². The maximum Gasteiger partial charge on any atom is 0.241 e. The number of rotatable bonds is 6. The van der Waals surface area contributed by atoms with Crippen LogP contribution in [0.1, 0.15) is 35.7 Å². The van der Waals surface area contributed by atoms with Crippen LogP contribution in [0.2, 0.25) is 0 Å². The molecule has 0 spiro atoms. The van der Waals surface area contributed by atoms with Gasteiger partial charge in [-0.15, -0.1) is 0 Å². The van der Waals surface area contributed by atoms with Gasteiger partial charge in [0.25, 0.3) is 0 Å². The van der Waals surface area contributed by atoms with Crippen molar-refractivity contribution in [2.24, 2.45) is 7.05 Å². The molecule has 1 saturated heterocycles. The van der Waals surface area contributed by atoms with Gasteiger partial charge >= 0.3 is 0 Å². The Morgan fingerprint density at radius 3 is 2.69 bits per heavy atom. The van der Waals surface area contributed by atoms with Crippen LogP contribution in [0.5, 0.6) is 17.4 Å². The lowest BCUT2D eigenvalue weighted by Gasteiger charge is -2.32. The monoisotopic (exact) mass is 393 g/mol. The summed E-state index contributed by atoms with van der Waals surface area (Å²) in [6.45, 7) is 5.02. The fourth-order valence-electron chi connectivity index (χ4n) is 3.86. The van der Waals surface area contributed by atoms with Crippen molar-refractivity contribution >= 4 is 0 Å². The van der Waals surface area contributed by atoms with Crippen molar-refractivity contribution in [3.05, 3.63) is 59.8 Å². The lowest BCUT2D eigenvalue weighted by atomic mass is 9.94. The Balaban J connectivity index is 1.53. The molecule has 0 saturated carbocycles. The van der Waals surface area contributed by atoms with Gasteiger partial charge < -0.3 is 9.47 Å². The Morgan fingerprint density at radius 2 is 1.93 bits per heavy atom. The van der Waals surface area contributed by atoms with Crippen LogP contribution in [0.3, 0.4) is 0 Å². The second-order valence-electron chi connectivity index (χ2n) is 7.45. The number of hydrogen-bond acceptors (Lipinski definition) is 6. The van der Waals surface area contributed by atoms with Gasteiger partial charge in [-0.25, -0.2) is 4.98 Å². The summed E-state index contributed by atoms with van der Waals surface area (Å²) >= 11 is 0. The summed E-state index contributed by atoms with van der Waals surface area (Å²) in [7, 11) is 3.62. The van der Waals surface area contributed by atoms with E-state index in [0.29, 0.717) is 17.4 Å². The van der Waals surface area contributed by atoms with E-state index in [1.807, 2.05) is 42.2 Å². The molecule has 0 bridgehead atoms. The molecule has 3 heterocycles. The third-order valence-electron chi connectivity index (χ3n) is 5.59. The zero-order valence-electron chi connectivity index (χ0n) is 17.2. The first-order valence-corrected chi connectivity index (χ1v) is 9.97. The summed E-state index contributed by atoms with van der Waals surface area (Å²) in [5.74, 6) is 2.16. The molecule has 0 amide bonds. The van der Waals surface area contributed by atoms with Crippen molar-refractivity contribution in [3.8, 4) is 17.4 Å². The standard InChI is InChI=1S/C22H27N5O2/c1-16-18(13-25-26(16)2)15-27-12-6-7-17(14-27)21-22(24-11-10-23-21)29-20-9-5-4-8-19(20)28-3/h4-5,8-11,13,17H,6-7,12,14-15H2,1-3H3/t17-/m1/s1. The minimum atomic E-state index is 0.277. The fraction of sp³-hybridized carbons (Fsp3) is 0.409. The predicted molar refractivity (Wildman–Crippen MR) is 110 cm³/mol. The van der Waals surface area contributed by atoms with Crippen molar-refractivity contribution in [2.45, 2.75) is 32.2 Å². The van der Waals surface area contributed by atoms with Gasteiger partial charge in [0.05, 0.1) is 13.3 Å². The molecule has 152 valence electrons. The topological polar surface area (TPSA) is 65.3 Å². The maximum atomic E-state index is 6.13. The smallest absolute Gasteiger partial charge is 0.241 e. The number of likely N-dealkylation sites (tertiary alicyclic amines) is 1. The van der Waals surface area contributed by atoms with E-state index in [4.69, 9.17) is 9.47 Å². The Hall–Kier alpha value is -2.93. The molecule has 0 N–H and O–H groups in total. The van der Waals surface area contributed by atoms with Crippen LogP contribution in [-0.2, 0) is 13.6 Å². The highest BCUT2D eigenvalue weighted by atomic mass is 16.5. The first kappa shape index (κ1) is 19.4. The van der Waals surface area contributed by atoms with Crippen LogP contribution in [0.25, 0.3) is 0 Å². The van der Waals surface area contributed by atoms with Gasteiger partial charge in [-0.05, 0) is 38.4 Å². The molecule has 7 heteroatoms. The number of para-hydroxylation sites is 2. The SMILES string of the molecule is COc1ccccc1Oc1nccnc1[C@@H]1CCCN(Cc2cnn(C)c2C)C1. The van der Waals surface area contributed by atoms with Gasteiger partial charge in [-0.2, -0.15) is 5.10 Å². The van der Waals surface area contributed by atoms with E-state index in [2.05, 4.69) is 26.9 Å². The summed E-state index contributed by atoms with van der Waals surface area (Å²) in [6, 6.07) is 7.61. The highest BCUT2D eigenvalue weighted by Crippen LogP contribution is 2.36. The minimum Gasteiger partial charge on any atom is -0.493 e. The second-order valence-corrected chi connectivity index (χ2v) is 7.45. The van der Waals surface area contributed by atoms with Crippen molar-refractivity contribution in [2.75, 3.05) is 20.2 Å². The number of nitrogens with zero attached hydrogens (tertiary/aromatic N) is 5. The number of hydrogen-bond donors (Lipinski definition) is 0. The molecule has 4 rings (SSSR count). The van der Waals surface area contributed by atoms with Gasteiger partial charge in [0.15, 0.2) is 11.5 Å². The average molecular weight is 393 g/mol. The number of benzene rings is 1. The van der Waals surface area contributed by atoms with Crippen LogP contribution >= 0.6 is 0 Å². The third kappa shape index (κ3) is 4.24. The van der Waals surface area contributed by atoms with E-state index in [1.54, 1.807) is 19.5 Å². The first-order valence-electron chi connectivity index (χ1n) is 9.97. The van der Waals surface area contributed by atoms with Crippen LogP contribution in [-0.4, -0.2) is 44.8 Å². The van der Waals surface area contributed by atoms with Crippen LogP contribution in [0.4, 0.5) is 0 Å². The normalized spacial score (nSPS) is 17.3. The Bertz CT molecular complexity index is 971. The van der Waals surface area contributed by atoms with Crippen LogP contribution < -0.4 is 9.47 Å². The van der Waals surface area contributed by atoms with Gasteiger partial charge in [0.2, 0.25) is 5.88 Å². The molecular formula is C22H27N5O2. The van der Waals surface area contributed by atoms with Crippen LogP contribution in [0.15, 0.2) is 42.9 Å². The highest BCUT2D eigenvalue weighted by molar-refractivity contribution is 5.42. The van der Waals surface area contributed by atoms with E-state index >= 15 is 0 Å². The van der Waals surface area contributed by atoms with E-state index in [1.165, 1.54) is 11.3 Å². The van der Waals surface area contributed by atoms with Gasteiger partial charge in [0.1, 0.15) is 5.69 Å². The van der Waals surface area contributed by atoms with Gasteiger partial charge in [0, 0.05) is 49.7 Å². The third-order valence-corrected chi connectivity index (χ3v) is 5.59. The molecule has 3 aromatic rings. The van der Waals surface area contributed by atoms with E-state index < -0.39 is 0 Å². The molecule has 1 aromatic carbocycles. The molecule has 0 aliphatic carbocycles. The minimum absolute atomic E-state index is 0.277. The summed E-state index contributed by atoms with van der Waals surface area (Å²) in [5.41, 5.74) is 3.40. The molecule has 1 atom stereocenters. The largest absolute Gasteiger partial charge is 0.493 e. The Morgan fingerprint density at radius 1 is 1.14 bits per heavy atom. The number of ether oxygens (including phenoxy) is 2. The number of aryl methyl sites for hydroxylation is 1. The zero-order chi connectivity index (χ0) is 20.2. The average Bonchev–Trinajstić information content (AvgIpc) is 3.07. The summed E-state index contributed by atoms with van der Waals surface area (Å²) in [4.78, 5) is 11.6. The Labute approximate surface area is 171 Å². The van der Waals surface area contributed by atoms with E-state index in [0.717, 1.165) is 38.2 Å². The highest BCUT2D eigenvalue weighted by Gasteiger charge is 2.27. The maximum absolute atomic E-state index is 6.13. The predicted octanol–water partition coefficient (Wildman–Crippen LogP) is 3.70. The molecule has 7 nitrogen and oxygen atoms in total. The molecule has 0 unspecified atom stereocenters. The first-order chi connectivity index (χ1) is 14.2. The van der Waals surface area contributed by atoms with E-state index in [9.17, 15) is 0 Å². The summed E-state index contributed by atoms with van der Waals surface area (Å²) in [6.07, 6.45) is 7.58. The molecule has 2 aromatic heterocycles. The van der Waals surface area contributed by atoms with E-state index in [-0.39, 0.29) is 5.92 Å². The molecule has 1 aliphatic rings. The summed E-state index contributed by atoms with van der Waals surface area (Å²) in [5, 5.41) is 4.37. The molecule has 1 aliphatic heterocycles. The summed E-state index contributed by atoms with van der Waals surface area (Å²) < 4.78 is 13.5.